The summed E-state index contributed by atoms with van der Waals surface area (Å²) in [5.74, 6) is 1.74. The number of hydrogen-bond donors (Lipinski definition) is 0. The van der Waals surface area contributed by atoms with E-state index in [0.29, 0.717) is 30.1 Å². The van der Waals surface area contributed by atoms with Gasteiger partial charge < -0.3 is 14.7 Å². The Bertz CT molecular complexity index is 631. The summed E-state index contributed by atoms with van der Waals surface area (Å²) in [5.41, 5.74) is 1.33. The minimum Gasteiger partial charge on any atom is -0.342 e. The molecule has 4 rings (SSSR count). The number of carbonyl (C=O) groups is 2. The molecule has 0 N–H and O–H groups in total. The van der Waals surface area contributed by atoms with Crippen LogP contribution in [0.15, 0.2) is 16.8 Å². The van der Waals surface area contributed by atoms with Crippen molar-refractivity contribution in [2.24, 2.45) is 11.8 Å². The van der Waals surface area contributed by atoms with Crippen molar-refractivity contribution < 1.29 is 9.59 Å². The number of piperidine rings is 1. The Labute approximate surface area is 159 Å². The van der Waals surface area contributed by atoms with Crippen molar-refractivity contribution in [3.8, 4) is 0 Å². The highest BCUT2D eigenvalue weighted by Gasteiger charge is 2.46. The Morgan fingerprint density at radius 1 is 1.08 bits per heavy atom. The molecule has 142 valence electrons. The fraction of sp³-hybridized carbons (Fsp3) is 0.700. The van der Waals surface area contributed by atoms with Crippen LogP contribution in [0.5, 0.6) is 0 Å². The van der Waals surface area contributed by atoms with Crippen molar-refractivity contribution in [3.63, 3.8) is 0 Å². The van der Waals surface area contributed by atoms with Crippen molar-refractivity contribution >= 4 is 23.2 Å². The SMILES string of the molecule is CN1CCN(C(=O)CC2CCN(C(=O)[C@@H]3C[C@H]3c3ccsc3)CC2)CC1. The van der Waals surface area contributed by atoms with Crippen LogP contribution in [0.4, 0.5) is 0 Å². The standard InChI is InChI=1S/C20H29N3O2S/c1-21-7-9-22(10-8-21)19(24)12-15-2-5-23(6-3-15)20(25)18-13-17(18)16-4-11-26-14-16/h4,11,14-15,17-18H,2-3,5-10,12-13H2,1H3/t17-,18+/m0/s1. The van der Waals surface area contributed by atoms with Gasteiger partial charge in [-0.05, 0) is 60.5 Å². The first-order valence-corrected chi connectivity index (χ1v) is 10.8. The molecular weight excluding hydrogens is 346 g/mol. The van der Waals surface area contributed by atoms with Crippen molar-refractivity contribution in [2.75, 3.05) is 46.3 Å². The number of likely N-dealkylation sites (N-methyl/N-ethyl adjacent to an activating group) is 1. The third kappa shape index (κ3) is 3.96. The van der Waals surface area contributed by atoms with E-state index < -0.39 is 0 Å². The van der Waals surface area contributed by atoms with Gasteiger partial charge in [-0.3, -0.25) is 9.59 Å². The van der Waals surface area contributed by atoms with Crippen LogP contribution in [0, 0.1) is 11.8 Å². The predicted molar refractivity (Wildman–Crippen MR) is 103 cm³/mol. The molecule has 0 unspecified atom stereocenters. The lowest BCUT2D eigenvalue weighted by molar-refractivity contribution is -0.135. The number of thiophene rings is 1. The van der Waals surface area contributed by atoms with E-state index in [2.05, 4.69) is 28.8 Å². The minimum atomic E-state index is 0.202. The van der Waals surface area contributed by atoms with Crippen LogP contribution >= 0.6 is 11.3 Å². The van der Waals surface area contributed by atoms with E-state index in [1.165, 1.54) is 5.56 Å². The highest BCUT2D eigenvalue weighted by molar-refractivity contribution is 7.08. The first-order chi connectivity index (χ1) is 12.6. The molecule has 2 amide bonds. The number of nitrogens with zero attached hydrogens (tertiary/aromatic N) is 3. The average molecular weight is 376 g/mol. The monoisotopic (exact) mass is 375 g/mol. The van der Waals surface area contributed by atoms with Crippen molar-refractivity contribution in [1.82, 2.24) is 14.7 Å². The lowest BCUT2D eigenvalue weighted by Crippen LogP contribution is -2.48. The van der Waals surface area contributed by atoms with Gasteiger partial charge in [0.25, 0.3) is 0 Å². The number of hydrogen-bond acceptors (Lipinski definition) is 4. The third-order valence-corrected chi connectivity index (χ3v) is 7.03. The van der Waals surface area contributed by atoms with E-state index in [9.17, 15) is 9.59 Å². The van der Waals surface area contributed by atoms with E-state index in [1.54, 1.807) is 11.3 Å². The Morgan fingerprint density at radius 2 is 1.81 bits per heavy atom. The molecule has 2 saturated heterocycles. The van der Waals surface area contributed by atoms with E-state index in [-0.39, 0.29) is 5.92 Å². The van der Waals surface area contributed by atoms with Gasteiger partial charge in [0.05, 0.1) is 0 Å². The Kier molecular flexibility index (Phi) is 5.32. The summed E-state index contributed by atoms with van der Waals surface area (Å²) < 4.78 is 0. The van der Waals surface area contributed by atoms with Crippen LogP contribution in [-0.2, 0) is 9.59 Å². The molecule has 0 radical (unpaired) electrons. The zero-order chi connectivity index (χ0) is 18.1. The van der Waals surface area contributed by atoms with Crippen molar-refractivity contribution in [3.05, 3.63) is 22.4 Å². The number of likely N-dealkylation sites (tertiary alicyclic amines) is 1. The van der Waals surface area contributed by atoms with Gasteiger partial charge in [-0.1, -0.05) is 0 Å². The maximum atomic E-state index is 12.7. The Morgan fingerprint density at radius 3 is 2.46 bits per heavy atom. The number of carbonyl (C=O) groups excluding carboxylic acids is 2. The second kappa shape index (κ2) is 7.69. The van der Waals surface area contributed by atoms with Gasteiger partial charge >= 0.3 is 0 Å². The smallest absolute Gasteiger partial charge is 0.226 e. The topological polar surface area (TPSA) is 43.9 Å². The molecule has 3 fully saturated rings. The summed E-state index contributed by atoms with van der Waals surface area (Å²) in [4.78, 5) is 31.6. The predicted octanol–water partition coefficient (Wildman–Crippen LogP) is 2.25. The summed E-state index contributed by atoms with van der Waals surface area (Å²) in [5, 5.41) is 4.27. The van der Waals surface area contributed by atoms with Crippen LogP contribution in [0.2, 0.25) is 0 Å². The van der Waals surface area contributed by atoms with E-state index in [1.807, 2.05) is 9.80 Å². The fourth-order valence-electron chi connectivity index (χ4n) is 4.35. The summed E-state index contributed by atoms with van der Waals surface area (Å²) in [6, 6.07) is 2.15. The highest BCUT2D eigenvalue weighted by atomic mass is 32.1. The molecule has 3 aliphatic rings. The maximum absolute atomic E-state index is 12.7. The quantitative estimate of drug-likeness (QED) is 0.811. The summed E-state index contributed by atoms with van der Waals surface area (Å²) in [6.07, 6.45) is 3.62. The molecule has 0 bridgehead atoms. The third-order valence-electron chi connectivity index (χ3n) is 6.32. The first-order valence-electron chi connectivity index (χ1n) is 9.89. The zero-order valence-electron chi connectivity index (χ0n) is 15.6. The molecule has 5 nitrogen and oxygen atoms in total. The van der Waals surface area contributed by atoms with E-state index in [4.69, 9.17) is 0 Å². The summed E-state index contributed by atoms with van der Waals surface area (Å²) in [7, 11) is 2.11. The first kappa shape index (κ1) is 18.0. The Hall–Kier alpha value is -1.40. The minimum absolute atomic E-state index is 0.202. The molecule has 0 aromatic carbocycles. The average Bonchev–Trinajstić information content (AvgIpc) is 3.27. The van der Waals surface area contributed by atoms with E-state index in [0.717, 1.165) is 58.5 Å². The number of amides is 2. The molecule has 6 heteroatoms. The van der Waals surface area contributed by atoms with Gasteiger partial charge in [0, 0.05) is 51.6 Å². The molecule has 26 heavy (non-hydrogen) atoms. The highest BCUT2D eigenvalue weighted by Crippen LogP contribution is 2.49. The van der Waals surface area contributed by atoms with Crippen molar-refractivity contribution in [2.45, 2.75) is 31.6 Å². The summed E-state index contributed by atoms with van der Waals surface area (Å²) in [6.45, 7) is 5.33. The molecule has 2 atom stereocenters. The molecule has 1 aliphatic carbocycles. The molecule has 0 spiro atoms. The lowest BCUT2D eigenvalue weighted by atomic mass is 9.92. The van der Waals surface area contributed by atoms with Gasteiger partial charge in [-0.2, -0.15) is 11.3 Å². The maximum Gasteiger partial charge on any atom is 0.226 e. The largest absolute Gasteiger partial charge is 0.342 e. The van der Waals surface area contributed by atoms with Crippen molar-refractivity contribution in [1.29, 1.82) is 0 Å². The molecule has 3 heterocycles. The fourth-order valence-corrected chi connectivity index (χ4v) is 5.07. The van der Waals surface area contributed by atoms with Gasteiger partial charge in [0.1, 0.15) is 0 Å². The summed E-state index contributed by atoms with van der Waals surface area (Å²) >= 11 is 1.71. The number of piperazine rings is 1. The molecule has 1 saturated carbocycles. The lowest BCUT2D eigenvalue weighted by Gasteiger charge is -2.35. The van der Waals surface area contributed by atoms with Gasteiger partial charge in [-0.15, -0.1) is 0 Å². The second-order valence-corrected chi connectivity index (χ2v) is 8.94. The van der Waals surface area contributed by atoms with Crippen LogP contribution in [0.25, 0.3) is 0 Å². The van der Waals surface area contributed by atoms with Crippen LogP contribution in [-0.4, -0.2) is 72.8 Å². The normalized spacial score (nSPS) is 27.6. The molecule has 2 aliphatic heterocycles. The molecular formula is C20H29N3O2S. The molecule has 1 aromatic rings. The second-order valence-electron chi connectivity index (χ2n) is 8.16. The van der Waals surface area contributed by atoms with Gasteiger partial charge in [0.15, 0.2) is 0 Å². The van der Waals surface area contributed by atoms with Gasteiger partial charge in [0.2, 0.25) is 11.8 Å². The van der Waals surface area contributed by atoms with Crippen LogP contribution in [0.3, 0.4) is 0 Å². The molecule has 1 aromatic heterocycles. The zero-order valence-corrected chi connectivity index (χ0v) is 16.4. The Balaban J connectivity index is 1.21. The van der Waals surface area contributed by atoms with Gasteiger partial charge in [-0.25, -0.2) is 0 Å². The van der Waals surface area contributed by atoms with Crippen LogP contribution < -0.4 is 0 Å². The number of rotatable bonds is 4. The van der Waals surface area contributed by atoms with E-state index >= 15 is 0 Å². The van der Waals surface area contributed by atoms with Crippen LogP contribution in [0.1, 0.15) is 37.2 Å².